The third-order valence-corrected chi connectivity index (χ3v) is 8.34. The summed E-state index contributed by atoms with van der Waals surface area (Å²) in [6.45, 7) is 6.24. The zero-order chi connectivity index (χ0) is 28.3. The van der Waals surface area contributed by atoms with Gasteiger partial charge in [-0.05, 0) is 69.0 Å². The van der Waals surface area contributed by atoms with E-state index in [1.54, 1.807) is 10.6 Å². The molecule has 0 radical (unpaired) electrons. The Morgan fingerprint density at radius 2 is 1.83 bits per heavy atom. The van der Waals surface area contributed by atoms with Crippen molar-refractivity contribution in [3.8, 4) is 5.75 Å². The van der Waals surface area contributed by atoms with E-state index in [0.29, 0.717) is 38.7 Å². The van der Waals surface area contributed by atoms with E-state index in [1.807, 2.05) is 80.6 Å². The molecule has 9 heteroatoms. The first kappa shape index (κ1) is 26.8. The van der Waals surface area contributed by atoms with Gasteiger partial charge in [0.25, 0.3) is 11.5 Å². The summed E-state index contributed by atoms with van der Waals surface area (Å²) in [5.41, 5.74) is 2.22. The van der Waals surface area contributed by atoms with Gasteiger partial charge in [0.2, 0.25) is 0 Å². The highest BCUT2D eigenvalue weighted by Crippen LogP contribution is 2.32. The Morgan fingerprint density at radius 3 is 2.56 bits per heavy atom. The number of amides is 1. The van der Waals surface area contributed by atoms with Crippen LogP contribution >= 0.6 is 11.3 Å². The van der Waals surface area contributed by atoms with Crippen LogP contribution in [0.5, 0.6) is 5.75 Å². The highest BCUT2D eigenvalue weighted by Gasteiger charge is 2.32. The number of carbonyl (C=O) groups is 1. The van der Waals surface area contributed by atoms with Gasteiger partial charge in [-0.3, -0.25) is 14.2 Å². The lowest BCUT2D eigenvalue weighted by Gasteiger charge is -2.25. The van der Waals surface area contributed by atoms with E-state index in [-0.39, 0.29) is 11.5 Å². The number of carbonyl (C=O) groups excluding carboxylic acids is 1. The number of fused-ring (bicyclic) bond motifs is 1. The second kappa shape index (κ2) is 11.6. The molecule has 0 spiro atoms. The highest BCUT2D eigenvalue weighted by atomic mass is 32.1. The topological polar surface area (TPSA) is 89.1 Å². The number of nitrogens with zero attached hydrogens (tertiary/aromatic N) is 3. The lowest BCUT2D eigenvalue weighted by Crippen LogP contribution is -2.40. The molecule has 0 aliphatic carbocycles. The maximum Gasteiger partial charge on any atom is 0.271 e. The van der Waals surface area contributed by atoms with Crippen LogP contribution in [-0.2, 0) is 4.79 Å². The monoisotopic (exact) mass is 568 g/mol. The normalized spacial score (nSPS) is 17.3. The van der Waals surface area contributed by atoms with Crippen LogP contribution in [0, 0.1) is 0 Å². The smallest absolute Gasteiger partial charge is 0.271 e. The van der Waals surface area contributed by atoms with Crippen LogP contribution < -0.4 is 29.8 Å². The molecule has 2 aliphatic rings. The fraction of sp³-hybridized carbons (Fsp3) is 0.281. The number of ether oxygens (including phenoxy) is 1. The number of para-hydroxylation sites is 1. The van der Waals surface area contributed by atoms with Crippen LogP contribution in [0.2, 0.25) is 0 Å². The van der Waals surface area contributed by atoms with Gasteiger partial charge in [-0.25, -0.2) is 4.99 Å². The number of rotatable bonds is 7. The Kier molecular flexibility index (Phi) is 7.61. The molecule has 1 N–H and O–H groups in total. The van der Waals surface area contributed by atoms with Gasteiger partial charge >= 0.3 is 0 Å². The van der Waals surface area contributed by atoms with Crippen molar-refractivity contribution in [2.24, 2.45) is 4.99 Å². The Hall–Kier alpha value is -4.37. The molecule has 1 saturated heterocycles. The molecule has 2 aromatic carbocycles. The molecular formula is C32H32N4O4S. The first-order chi connectivity index (χ1) is 20.0. The highest BCUT2D eigenvalue weighted by molar-refractivity contribution is 7.07. The van der Waals surface area contributed by atoms with E-state index >= 15 is 0 Å². The van der Waals surface area contributed by atoms with E-state index in [1.165, 1.54) is 17.8 Å². The van der Waals surface area contributed by atoms with Crippen LogP contribution in [0.25, 0.3) is 6.08 Å². The predicted molar refractivity (Wildman–Crippen MR) is 161 cm³/mol. The molecule has 4 aromatic rings. The predicted octanol–water partition coefficient (Wildman–Crippen LogP) is 4.86. The summed E-state index contributed by atoms with van der Waals surface area (Å²) in [6.07, 6.45) is 5.32. The molecule has 210 valence electrons. The maximum absolute atomic E-state index is 14.0. The van der Waals surface area contributed by atoms with E-state index < -0.39 is 6.04 Å². The molecule has 4 heterocycles. The minimum atomic E-state index is -0.659. The summed E-state index contributed by atoms with van der Waals surface area (Å²) in [4.78, 5) is 35.2. The van der Waals surface area contributed by atoms with Gasteiger partial charge in [0, 0.05) is 30.9 Å². The number of hydrogen-bond acceptors (Lipinski definition) is 7. The molecule has 2 aliphatic heterocycles. The van der Waals surface area contributed by atoms with Crippen molar-refractivity contribution >= 4 is 34.9 Å². The van der Waals surface area contributed by atoms with Crippen molar-refractivity contribution in [2.45, 2.75) is 39.2 Å². The van der Waals surface area contributed by atoms with Crippen molar-refractivity contribution in [3.05, 3.63) is 109 Å². The first-order valence-corrected chi connectivity index (χ1v) is 14.8. The number of thiazole rings is 1. The zero-order valence-electron chi connectivity index (χ0n) is 23.1. The molecule has 2 aromatic heterocycles. The SMILES string of the molecule is CCOc1ccc([C@@H]2C(C(=O)Nc3ccccc3)=C(C)N=c3s/c(=C\c4ccc(N5CCCCC5)o4)c(=O)n32)cc1. The lowest BCUT2D eigenvalue weighted by atomic mass is 9.95. The van der Waals surface area contributed by atoms with Crippen molar-refractivity contribution in [1.29, 1.82) is 0 Å². The Morgan fingerprint density at radius 1 is 1.07 bits per heavy atom. The van der Waals surface area contributed by atoms with E-state index in [2.05, 4.69) is 10.2 Å². The van der Waals surface area contributed by atoms with Gasteiger partial charge in [0.05, 0.1) is 28.5 Å². The summed E-state index contributed by atoms with van der Waals surface area (Å²) in [7, 11) is 0. The third kappa shape index (κ3) is 5.50. The summed E-state index contributed by atoms with van der Waals surface area (Å²) < 4.78 is 13.9. The minimum Gasteiger partial charge on any atom is -0.494 e. The minimum absolute atomic E-state index is 0.221. The molecule has 0 saturated carbocycles. The van der Waals surface area contributed by atoms with Crippen LogP contribution in [0.15, 0.2) is 92.2 Å². The van der Waals surface area contributed by atoms with Gasteiger partial charge in [0.15, 0.2) is 10.7 Å². The van der Waals surface area contributed by atoms with Crippen molar-refractivity contribution in [2.75, 3.05) is 29.9 Å². The number of nitrogens with one attached hydrogen (secondary N) is 1. The maximum atomic E-state index is 14.0. The summed E-state index contributed by atoms with van der Waals surface area (Å²) in [5.74, 6) is 1.86. The van der Waals surface area contributed by atoms with Gasteiger partial charge in [-0.15, -0.1) is 0 Å². The molecular weight excluding hydrogens is 536 g/mol. The van der Waals surface area contributed by atoms with Gasteiger partial charge in [0.1, 0.15) is 11.5 Å². The van der Waals surface area contributed by atoms with Crippen LogP contribution in [0.1, 0.15) is 50.5 Å². The van der Waals surface area contributed by atoms with Crippen molar-refractivity contribution < 1.29 is 13.9 Å². The van der Waals surface area contributed by atoms with Crippen molar-refractivity contribution in [3.63, 3.8) is 0 Å². The van der Waals surface area contributed by atoms with Crippen LogP contribution in [0.3, 0.4) is 0 Å². The van der Waals surface area contributed by atoms with E-state index in [0.717, 1.165) is 43.1 Å². The van der Waals surface area contributed by atoms with E-state index in [9.17, 15) is 9.59 Å². The fourth-order valence-corrected chi connectivity index (χ4v) is 6.42. The molecule has 0 unspecified atom stereocenters. The number of benzene rings is 2. The molecule has 6 rings (SSSR count). The fourth-order valence-electron chi connectivity index (χ4n) is 5.39. The second-order valence-corrected chi connectivity index (χ2v) is 11.1. The molecule has 1 atom stereocenters. The number of anilines is 2. The van der Waals surface area contributed by atoms with E-state index in [4.69, 9.17) is 14.1 Å². The Balaban J connectivity index is 1.42. The van der Waals surface area contributed by atoms with Crippen molar-refractivity contribution in [1.82, 2.24) is 4.57 Å². The number of allylic oxidation sites excluding steroid dienone is 1. The molecule has 1 amide bonds. The van der Waals surface area contributed by atoms with Gasteiger partial charge in [-0.2, -0.15) is 0 Å². The average molecular weight is 569 g/mol. The molecule has 41 heavy (non-hydrogen) atoms. The third-order valence-electron chi connectivity index (χ3n) is 7.36. The largest absolute Gasteiger partial charge is 0.494 e. The number of furan rings is 1. The number of aromatic nitrogens is 1. The molecule has 0 bridgehead atoms. The Bertz CT molecular complexity index is 1760. The zero-order valence-corrected chi connectivity index (χ0v) is 23.9. The Labute approximate surface area is 241 Å². The number of piperidine rings is 1. The summed E-state index contributed by atoms with van der Waals surface area (Å²) >= 11 is 1.30. The summed E-state index contributed by atoms with van der Waals surface area (Å²) in [6, 6.07) is 20.0. The lowest BCUT2D eigenvalue weighted by molar-refractivity contribution is -0.113. The molecule has 8 nitrogen and oxygen atoms in total. The van der Waals surface area contributed by atoms with Gasteiger partial charge in [-0.1, -0.05) is 41.7 Å². The molecule has 1 fully saturated rings. The first-order valence-electron chi connectivity index (χ1n) is 14.0. The average Bonchev–Trinajstić information content (AvgIpc) is 3.58. The number of hydrogen-bond donors (Lipinski definition) is 1. The quantitative estimate of drug-likeness (QED) is 0.344. The van der Waals surface area contributed by atoms with Crippen LogP contribution in [0.4, 0.5) is 11.6 Å². The van der Waals surface area contributed by atoms with Gasteiger partial charge < -0.3 is 19.4 Å². The summed E-state index contributed by atoms with van der Waals surface area (Å²) in [5, 5.41) is 2.98. The van der Waals surface area contributed by atoms with Crippen LogP contribution in [-0.4, -0.2) is 30.2 Å². The standard InChI is InChI=1S/C32H32N4O4S/c1-3-39-24-14-12-22(13-15-24)29-28(30(37)34-23-10-6-4-7-11-23)21(2)33-32-36(29)31(38)26(41-32)20-25-16-17-27(40-25)35-18-8-5-9-19-35/h4,6-7,10-17,20,29H,3,5,8-9,18-19H2,1-2H3,(H,34,37)/b26-20-/t29-/m1/s1. The second-order valence-electron chi connectivity index (χ2n) is 10.1.